The van der Waals surface area contributed by atoms with Gasteiger partial charge in [0.25, 0.3) is 5.91 Å². The number of phenols is 1. The number of carbonyl (C=O) groups excluding carboxylic acids is 1. The molecule has 0 aliphatic carbocycles. The third-order valence-electron chi connectivity index (χ3n) is 3.09. The van der Waals surface area contributed by atoms with Crippen LogP contribution in [0.3, 0.4) is 0 Å². The van der Waals surface area contributed by atoms with E-state index in [9.17, 15) is 9.90 Å². The van der Waals surface area contributed by atoms with Gasteiger partial charge in [0.1, 0.15) is 11.3 Å². The molecule has 1 aromatic carbocycles. The van der Waals surface area contributed by atoms with Crippen LogP contribution < -0.4 is 14.2 Å². The van der Waals surface area contributed by atoms with Crippen molar-refractivity contribution in [2.24, 2.45) is 0 Å². The van der Waals surface area contributed by atoms with Gasteiger partial charge in [-0.2, -0.15) is 0 Å². The molecule has 0 unspecified atom stereocenters. The van der Waals surface area contributed by atoms with Gasteiger partial charge in [0, 0.05) is 19.2 Å². The molecule has 1 rings (SSSR count). The minimum Gasteiger partial charge on any atom is -0.504 e. The van der Waals surface area contributed by atoms with Gasteiger partial charge in [-0.25, -0.2) is 0 Å². The number of rotatable bonds is 6. The maximum absolute atomic E-state index is 12.5. The highest BCUT2D eigenvalue weighted by atomic mass is 16.5. The van der Waals surface area contributed by atoms with Gasteiger partial charge in [-0.05, 0) is 13.8 Å². The third kappa shape index (κ3) is 2.74. The molecule has 1 amide bonds. The number of hydrogen-bond donors (Lipinski definition) is 1. The first-order chi connectivity index (χ1) is 9.55. The lowest BCUT2D eigenvalue weighted by Crippen LogP contribution is -2.30. The highest BCUT2D eigenvalue weighted by Crippen LogP contribution is 2.44. The molecule has 0 spiro atoms. The van der Waals surface area contributed by atoms with Crippen LogP contribution in [0.15, 0.2) is 6.07 Å². The highest BCUT2D eigenvalue weighted by Gasteiger charge is 2.27. The molecule has 112 valence electrons. The van der Waals surface area contributed by atoms with Gasteiger partial charge in [0.2, 0.25) is 5.75 Å². The standard InChI is InChI=1S/C14H21NO5/c1-6-15(7-2)14(17)11-9(18-3)8-10(19-4)13(20-5)12(11)16/h8,16H,6-7H2,1-5H3. The molecule has 6 nitrogen and oxygen atoms in total. The van der Waals surface area contributed by atoms with Crippen molar-refractivity contribution in [3.8, 4) is 23.0 Å². The smallest absolute Gasteiger partial charge is 0.261 e. The van der Waals surface area contributed by atoms with E-state index in [1.54, 1.807) is 4.90 Å². The van der Waals surface area contributed by atoms with Crippen molar-refractivity contribution in [2.75, 3.05) is 34.4 Å². The minimum atomic E-state index is -0.315. The maximum Gasteiger partial charge on any atom is 0.261 e. The molecule has 1 N–H and O–H groups in total. The molecule has 6 heteroatoms. The topological polar surface area (TPSA) is 68.2 Å². The average Bonchev–Trinajstić information content (AvgIpc) is 2.46. The number of aromatic hydroxyl groups is 1. The van der Waals surface area contributed by atoms with E-state index in [4.69, 9.17) is 14.2 Å². The predicted octanol–water partition coefficient (Wildman–Crippen LogP) is 1.90. The lowest BCUT2D eigenvalue weighted by Gasteiger charge is -2.22. The Labute approximate surface area is 118 Å². The van der Waals surface area contributed by atoms with E-state index >= 15 is 0 Å². The van der Waals surface area contributed by atoms with Crippen LogP contribution >= 0.6 is 0 Å². The molecular formula is C14H21NO5. The van der Waals surface area contributed by atoms with Crippen LogP contribution in [0.2, 0.25) is 0 Å². The second-order valence-corrected chi connectivity index (χ2v) is 4.02. The second-order valence-electron chi connectivity index (χ2n) is 4.02. The van der Waals surface area contributed by atoms with E-state index in [0.29, 0.717) is 18.8 Å². The molecule has 1 aromatic rings. The molecule has 20 heavy (non-hydrogen) atoms. The molecule has 0 aliphatic heterocycles. The highest BCUT2D eigenvalue weighted by molar-refractivity contribution is 6.01. The van der Waals surface area contributed by atoms with Crippen molar-refractivity contribution < 1.29 is 24.1 Å². The van der Waals surface area contributed by atoms with Crippen LogP contribution in [0, 0.1) is 0 Å². The van der Waals surface area contributed by atoms with Gasteiger partial charge in [-0.1, -0.05) is 0 Å². The number of phenolic OH excluding ortho intramolecular Hbond substituents is 1. The normalized spacial score (nSPS) is 10.1. The van der Waals surface area contributed by atoms with Crippen molar-refractivity contribution in [3.63, 3.8) is 0 Å². The Morgan fingerprint density at radius 1 is 1.10 bits per heavy atom. The Hall–Kier alpha value is -2.11. The molecule has 0 radical (unpaired) electrons. The molecule has 0 aromatic heterocycles. The molecular weight excluding hydrogens is 262 g/mol. The summed E-state index contributed by atoms with van der Waals surface area (Å²) in [5.41, 5.74) is 0.0776. The summed E-state index contributed by atoms with van der Waals surface area (Å²) in [4.78, 5) is 14.1. The molecule has 0 atom stereocenters. The Bertz CT molecular complexity index is 483. The first-order valence-electron chi connectivity index (χ1n) is 6.36. The molecule has 0 saturated carbocycles. The molecule has 0 fully saturated rings. The Morgan fingerprint density at radius 3 is 2.05 bits per heavy atom. The Morgan fingerprint density at radius 2 is 1.65 bits per heavy atom. The van der Waals surface area contributed by atoms with Gasteiger partial charge in [-0.15, -0.1) is 0 Å². The fraction of sp³-hybridized carbons (Fsp3) is 0.500. The molecule has 0 aliphatic rings. The lowest BCUT2D eigenvalue weighted by molar-refractivity contribution is 0.0765. The molecule has 0 saturated heterocycles. The van der Waals surface area contributed by atoms with Crippen molar-refractivity contribution in [1.82, 2.24) is 4.90 Å². The maximum atomic E-state index is 12.5. The number of methoxy groups -OCH3 is 3. The predicted molar refractivity (Wildman–Crippen MR) is 75.0 cm³/mol. The van der Waals surface area contributed by atoms with Crippen LogP contribution in [-0.2, 0) is 0 Å². The summed E-state index contributed by atoms with van der Waals surface area (Å²) in [6.07, 6.45) is 0. The van der Waals surface area contributed by atoms with Crippen molar-refractivity contribution >= 4 is 5.91 Å². The summed E-state index contributed by atoms with van der Waals surface area (Å²) in [7, 11) is 4.28. The summed E-state index contributed by atoms with van der Waals surface area (Å²) in [6.45, 7) is 4.80. The van der Waals surface area contributed by atoms with Crippen LogP contribution in [-0.4, -0.2) is 50.3 Å². The van der Waals surface area contributed by atoms with E-state index in [1.165, 1.54) is 27.4 Å². The number of amides is 1. The number of hydrogen-bond acceptors (Lipinski definition) is 5. The van der Waals surface area contributed by atoms with Crippen molar-refractivity contribution in [3.05, 3.63) is 11.6 Å². The molecule has 0 bridgehead atoms. The summed E-state index contributed by atoms with van der Waals surface area (Å²) < 4.78 is 15.4. The first-order valence-corrected chi connectivity index (χ1v) is 6.36. The van der Waals surface area contributed by atoms with Gasteiger partial charge in [-0.3, -0.25) is 4.79 Å². The van der Waals surface area contributed by atoms with Gasteiger partial charge < -0.3 is 24.2 Å². The monoisotopic (exact) mass is 283 g/mol. The Kier molecular flexibility index (Phi) is 5.49. The van der Waals surface area contributed by atoms with Gasteiger partial charge in [0.05, 0.1) is 21.3 Å². The van der Waals surface area contributed by atoms with E-state index in [-0.39, 0.29) is 28.7 Å². The number of ether oxygens (including phenoxy) is 3. The van der Waals surface area contributed by atoms with E-state index in [0.717, 1.165) is 0 Å². The summed E-state index contributed by atoms with van der Waals surface area (Å²) in [6, 6.07) is 1.52. The zero-order chi connectivity index (χ0) is 15.3. The summed E-state index contributed by atoms with van der Waals surface area (Å²) in [5.74, 6) is 0.0738. The summed E-state index contributed by atoms with van der Waals surface area (Å²) >= 11 is 0. The fourth-order valence-electron chi connectivity index (χ4n) is 1.99. The van der Waals surface area contributed by atoms with Crippen LogP contribution in [0.25, 0.3) is 0 Å². The first kappa shape index (κ1) is 15.9. The van der Waals surface area contributed by atoms with Crippen LogP contribution in [0.4, 0.5) is 0 Å². The minimum absolute atomic E-state index is 0.0776. The number of benzene rings is 1. The fourth-order valence-corrected chi connectivity index (χ4v) is 1.99. The lowest BCUT2D eigenvalue weighted by atomic mass is 10.1. The van der Waals surface area contributed by atoms with E-state index < -0.39 is 0 Å². The van der Waals surface area contributed by atoms with Crippen LogP contribution in [0.1, 0.15) is 24.2 Å². The largest absolute Gasteiger partial charge is 0.504 e. The zero-order valence-corrected chi connectivity index (χ0v) is 12.5. The quantitative estimate of drug-likeness (QED) is 0.863. The SMILES string of the molecule is CCN(CC)C(=O)c1c(OC)cc(OC)c(OC)c1O. The number of carbonyl (C=O) groups is 1. The van der Waals surface area contributed by atoms with E-state index in [1.807, 2.05) is 13.8 Å². The molecule has 0 heterocycles. The second kappa shape index (κ2) is 6.88. The Balaban J connectivity index is 3.48. The van der Waals surface area contributed by atoms with Gasteiger partial charge >= 0.3 is 0 Å². The van der Waals surface area contributed by atoms with Crippen LogP contribution in [0.5, 0.6) is 23.0 Å². The summed E-state index contributed by atoms with van der Waals surface area (Å²) in [5, 5.41) is 10.3. The van der Waals surface area contributed by atoms with Crippen molar-refractivity contribution in [1.29, 1.82) is 0 Å². The van der Waals surface area contributed by atoms with E-state index in [2.05, 4.69) is 0 Å². The number of nitrogens with zero attached hydrogens (tertiary/aromatic N) is 1. The van der Waals surface area contributed by atoms with Gasteiger partial charge in [0.15, 0.2) is 11.5 Å². The average molecular weight is 283 g/mol. The third-order valence-corrected chi connectivity index (χ3v) is 3.09. The van der Waals surface area contributed by atoms with Crippen molar-refractivity contribution in [2.45, 2.75) is 13.8 Å². The zero-order valence-electron chi connectivity index (χ0n) is 12.5.